The van der Waals surface area contributed by atoms with E-state index in [2.05, 4.69) is 27.5 Å². The van der Waals surface area contributed by atoms with Gasteiger partial charge in [0.2, 0.25) is 0 Å². The molecule has 0 atom stereocenters. The van der Waals surface area contributed by atoms with Crippen LogP contribution in [0.25, 0.3) is 0 Å². The van der Waals surface area contributed by atoms with E-state index in [-0.39, 0.29) is 0 Å². The predicted octanol–water partition coefficient (Wildman–Crippen LogP) is 1.08. The second-order valence-electron chi connectivity index (χ2n) is 3.91. The third-order valence-corrected chi connectivity index (χ3v) is 2.39. The van der Waals surface area contributed by atoms with Crippen molar-refractivity contribution in [2.45, 2.75) is 32.7 Å². The number of nitrogens with one attached hydrogen (secondary N) is 1. The highest BCUT2D eigenvalue weighted by Gasteiger charge is 1.93. The smallest absolute Gasteiger partial charge is 0.0692 e. The second-order valence-corrected chi connectivity index (χ2v) is 3.91. The Morgan fingerprint density at radius 2 is 2.17 bits per heavy atom. The van der Waals surface area contributed by atoms with Crippen LogP contribution in [-0.2, 0) is 11.3 Å². The molecule has 0 bridgehead atoms. The lowest BCUT2D eigenvalue weighted by molar-refractivity contribution is 0.125. The number of aromatic nitrogens is 3. The van der Waals surface area contributed by atoms with Crippen molar-refractivity contribution in [3.05, 3.63) is 12.4 Å². The molecule has 1 aromatic heterocycles. The Morgan fingerprint density at radius 3 is 2.94 bits per heavy atom. The Balaban J connectivity index is 1.77. The molecule has 100 valence electrons. The summed E-state index contributed by atoms with van der Waals surface area (Å²) in [6, 6.07) is 0. The molecule has 0 aliphatic rings. The highest BCUT2D eigenvalue weighted by atomic mass is 16.5. The van der Waals surface area contributed by atoms with Crippen molar-refractivity contribution in [3.63, 3.8) is 0 Å². The number of nitrogens with zero attached hydrogens (tertiary/aromatic N) is 3. The van der Waals surface area contributed by atoms with Crippen molar-refractivity contribution in [2.75, 3.05) is 26.3 Å². The minimum atomic E-state index is 0.779. The highest BCUT2D eigenvalue weighted by Crippen LogP contribution is 1.90. The van der Waals surface area contributed by atoms with Crippen molar-refractivity contribution in [3.8, 4) is 11.8 Å². The van der Waals surface area contributed by atoms with Crippen molar-refractivity contribution in [1.82, 2.24) is 20.3 Å². The van der Waals surface area contributed by atoms with Crippen LogP contribution in [0.3, 0.4) is 0 Å². The third kappa shape index (κ3) is 7.82. The summed E-state index contributed by atoms with van der Waals surface area (Å²) in [5.41, 5.74) is 0. The Morgan fingerprint density at radius 1 is 1.28 bits per heavy atom. The highest BCUT2D eigenvalue weighted by molar-refractivity contribution is 4.94. The third-order valence-electron chi connectivity index (χ3n) is 2.39. The van der Waals surface area contributed by atoms with Gasteiger partial charge in [0.25, 0.3) is 0 Å². The molecular formula is C13H22N4O. The summed E-state index contributed by atoms with van der Waals surface area (Å²) in [6.45, 7) is 6.29. The molecule has 0 saturated heterocycles. The molecule has 1 heterocycles. The molecule has 18 heavy (non-hydrogen) atoms. The van der Waals surface area contributed by atoms with E-state index in [1.165, 1.54) is 0 Å². The van der Waals surface area contributed by atoms with Crippen LogP contribution < -0.4 is 5.32 Å². The van der Waals surface area contributed by atoms with Gasteiger partial charge in [-0.2, -0.15) is 0 Å². The Hall–Kier alpha value is -1.38. The molecule has 5 nitrogen and oxygen atoms in total. The topological polar surface area (TPSA) is 52.0 Å². The summed E-state index contributed by atoms with van der Waals surface area (Å²) in [4.78, 5) is 0. The molecule has 0 amide bonds. The molecule has 1 aromatic rings. The van der Waals surface area contributed by atoms with Gasteiger partial charge in [-0.3, -0.25) is 4.68 Å². The van der Waals surface area contributed by atoms with E-state index >= 15 is 0 Å². The zero-order valence-corrected chi connectivity index (χ0v) is 11.1. The lowest BCUT2D eigenvalue weighted by atomic mass is 10.4. The van der Waals surface area contributed by atoms with Crippen molar-refractivity contribution in [1.29, 1.82) is 0 Å². The van der Waals surface area contributed by atoms with Gasteiger partial charge >= 0.3 is 0 Å². The van der Waals surface area contributed by atoms with Crippen LogP contribution in [0.15, 0.2) is 12.4 Å². The van der Waals surface area contributed by atoms with E-state index in [9.17, 15) is 0 Å². The Kier molecular flexibility index (Phi) is 8.77. The minimum Gasteiger partial charge on any atom is -0.381 e. The lowest BCUT2D eigenvalue weighted by Gasteiger charge is -2.05. The predicted molar refractivity (Wildman–Crippen MR) is 71.0 cm³/mol. The first-order valence-corrected chi connectivity index (χ1v) is 6.45. The number of ether oxygens (including phenoxy) is 1. The van der Waals surface area contributed by atoms with Crippen molar-refractivity contribution < 1.29 is 4.74 Å². The molecule has 0 spiro atoms. The van der Waals surface area contributed by atoms with Crippen molar-refractivity contribution in [2.24, 2.45) is 0 Å². The van der Waals surface area contributed by atoms with Crippen LogP contribution in [-0.4, -0.2) is 41.3 Å². The molecule has 0 saturated carbocycles. The first-order chi connectivity index (χ1) is 8.93. The van der Waals surface area contributed by atoms with Gasteiger partial charge in [-0.1, -0.05) is 5.21 Å². The van der Waals surface area contributed by atoms with Crippen LogP contribution in [0, 0.1) is 11.8 Å². The van der Waals surface area contributed by atoms with E-state index < -0.39 is 0 Å². The normalized spacial score (nSPS) is 10.1. The van der Waals surface area contributed by atoms with Crippen LogP contribution in [0.1, 0.15) is 26.2 Å². The zero-order chi connectivity index (χ0) is 12.9. The lowest BCUT2D eigenvalue weighted by Crippen LogP contribution is -2.18. The standard InChI is InChI=1S/C13H22N4O/c1-2-3-4-7-14-8-5-12-18-13-6-10-17-11-9-15-16-17/h9,11,14H,4-8,10,12-13H2,1H3. The molecule has 1 rings (SSSR count). The second kappa shape index (κ2) is 10.8. The fourth-order valence-corrected chi connectivity index (χ4v) is 1.48. The zero-order valence-electron chi connectivity index (χ0n) is 11.1. The molecule has 0 aliphatic carbocycles. The first kappa shape index (κ1) is 14.7. The molecule has 0 fully saturated rings. The number of aryl methyl sites for hydroxylation is 1. The van der Waals surface area contributed by atoms with E-state index in [0.717, 1.165) is 52.1 Å². The summed E-state index contributed by atoms with van der Waals surface area (Å²) in [7, 11) is 0. The fraction of sp³-hybridized carbons (Fsp3) is 0.692. The van der Waals surface area contributed by atoms with E-state index in [1.807, 2.05) is 17.8 Å². The largest absolute Gasteiger partial charge is 0.381 e. The first-order valence-electron chi connectivity index (χ1n) is 6.45. The quantitative estimate of drug-likeness (QED) is 0.499. The van der Waals surface area contributed by atoms with E-state index in [1.54, 1.807) is 6.20 Å². The van der Waals surface area contributed by atoms with E-state index in [0.29, 0.717) is 0 Å². The maximum absolute atomic E-state index is 5.53. The van der Waals surface area contributed by atoms with Gasteiger partial charge in [-0.15, -0.1) is 16.9 Å². The molecule has 0 aliphatic heterocycles. The average Bonchev–Trinajstić information content (AvgIpc) is 2.89. The maximum atomic E-state index is 5.53. The molecule has 1 N–H and O–H groups in total. The number of rotatable bonds is 10. The van der Waals surface area contributed by atoms with Gasteiger partial charge in [0.1, 0.15) is 0 Å². The van der Waals surface area contributed by atoms with Crippen LogP contribution in [0.4, 0.5) is 0 Å². The van der Waals surface area contributed by atoms with Crippen molar-refractivity contribution >= 4 is 0 Å². The van der Waals surface area contributed by atoms with E-state index in [4.69, 9.17) is 4.74 Å². The molecule has 5 heteroatoms. The molecule has 0 radical (unpaired) electrons. The number of hydrogen-bond acceptors (Lipinski definition) is 4. The summed E-state index contributed by atoms with van der Waals surface area (Å²) < 4.78 is 7.35. The number of hydrogen-bond donors (Lipinski definition) is 1. The van der Waals surface area contributed by atoms with Gasteiger partial charge in [-0.05, 0) is 26.3 Å². The monoisotopic (exact) mass is 250 g/mol. The summed E-state index contributed by atoms with van der Waals surface area (Å²) in [5, 5.41) is 11.0. The molecule has 0 unspecified atom stereocenters. The molecular weight excluding hydrogens is 228 g/mol. The Labute approximate surface area is 109 Å². The summed E-state index contributed by atoms with van der Waals surface area (Å²) in [6.07, 6.45) is 6.50. The van der Waals surface area contributed by atoms with Gasteiger partial charge in [0, 0.05) is 38.9 Å². The fourth-order valence-electron chi connectivity index (χ4n) is 1.48. The van der Waals surface area contributed by atoms with Crippen LogP contribution >= 0.6 is 0 Å². The van der Waals surface area contributed by atoms with Crippen LogP contribution in [0.2, 0.25) is 0 Å². The van der Waals surface area contributed by atoms with Gasteiger partial charge in [0.15, 0.2) is 0 Å². The summed E-state index contributed by atoms with van der Waals surface area (Å²) >= 11 is 0. The molecule has 0 aromatic carbocycles. The minimum absolute atomic E-state index is 0.779. The maximum Gasteiger partial charge on any atom is 0.0692 e. The van der Waals surface area contributed by atoms with Gasteiger partial charge in [-0.25, -0.2) is 0 Å². The Bertz CT molecular complexity index is 340. The SMILES string of the molecule is CC#CCCNCCCOCCCn1ccnn1. The van der Waals surface area contributed by atoms with Gasteiger partial charge < -0.3 is 10.1 Å². The average molecular weight is 250 g/mol. The van der Waals surface area contributed by atoms with Gasteiger partial charge in [0.05, 0.1) is 6.20 Å². The summed E-state index contributed by atoms with van der Waals surface area (Å²) in [5.74, 6) is 5.90. The van der Waals surface area contributed by atoms with Crippen LogP contribution in [0.5, 0.6) is 0 Å².